The summed E-state index contributed by atoms with van der Waals surface area (Å²) in [5.74, 6) is 0.849. The molecule has 4 nitrogen and oxygen atoms in total. The van der Waals surface area contributed by atoms with Crippen molar-refractivity contribution >= 4 is 21.7 Å². The van der Waals surface area contributed by atoms with E-state index in [1.807, 2.05) is 6.07 Å². The van der Waals surface area contributed by atoms with E-state index in [9.17, 15) is 4.39 Å². The fraction of sp³-hybridized carbons (Fsp3) is 0.0714. The first-order valence-corrected chi connectivity index (χ1v) is 6.74. The number of nitrogens with zero attached hydrogens (tertiary/aromatic N) is 2. The van der Waals surface area contributed by atoms with E-state index in [1.165, 1.54) is 12.1 Å². The number of nitrogens with two attached hydrogens (primary N) is 1. The van der Waals surface area contributed by atoms with Crippen LogP contribution in [0.1, 0.15) is 5.56 Å². The van der Waals surface area contributed by atoms with Crippen LogP contribution in [-0.2, 0) is 6.54 Å². The van der Waals surface area contributed by atoms with Crippen LogP contribution in [0, 0.1) is 5.82 Å². The van der Waals surface area contributed by atoms with Gasteiger partial charge in [0.1, 0.15) is 17.3 Å². The number of benzene rings is 1. The molecule has 0 aliphatic carbocycles. The number of nitrogen functional groups attached to an aromatic ring is 1. The quantitative estimate of drug-likeness (QED) is 0.794. The maximum absolute atomic E-state index is 13.2. The number of rotatable bonds is 3. The van der Waals surface area contributed by atoms with E-state index in [4.69, 9.17) is 10.2 Å². The Labute approximate surface area is 123 Å². The van der Waals surface area contributed by atoms with E-state index in [1.54, 1.807) is 28.9 Å². The van der Waals surface area contributed by atoms with E-state index < -0.39 is 0 Å². The molecule has 0 bridgehead atoms. The number of furan rings is 1. The Balaban J connectivity index is 1.89. The third kappa shape index (κ3) is 2.60. The van der Waals surface area contributed by atoms with Crippen molar-refractivity contribution in [2.75, 3.05) is 5.73 Å². The van der Waals surface area contributed by atoms with Gasteiger partial charge in [-0.3, -0.25) is 0 Å². The zero-order valence-corrected chi connectivity index (χ0v) is 12.0. The first kappa shape index (κ1) is 12.9. The van der Waals surface area contributed by atoms with Gasteiger partial charge in [-0.15, -0.1) is 0 Å². The Morgan fingerprint density at radius 2 is 2.10 bits per heavy atom. The van der Waals surface area contributed by atoms with Crippen molar-refractivity contribution in [2.24, 2.45) is 0 Å². The van der Waals surface area contributed by atoms with Gasteiger partial charge >= 0.3 is 0 Å². The summed E-state index contributed by atoms with van der Waals surface area (Å²) in [4.78, 5) is 0. The van der Waals surface area contributed by atoms with Crippen LogP contribution in [0.3, 0.4) is 0 Å². The molecule has 3 aromatic rings. The molecule has 2 aromatic heterocycles. The Morgan fingerprint density at radius 1 is 1.25 bits per heavy atom. The number of aromatic nitrogens is 2. The molecular weight excluding hydrogens is 325 g/mol. The maximum atomic E-state index is 13.2. The van der Waals surface area contributed by atoms with Crippen molar-refractivity contribution in [1.82, 2.24) is 9.78 Å². The molecule has 102 valence electrons. The fourth-order valence-corrected chi connectivity index (χ4v) is 2.25. The maximum Gasteiger partial charge on any atom is 0.169 e. The zero-order valence-electron chi connectivity index (χ0n) is 10.4. The summed E-state index contributed by atoms with van der Waals surface area (Å²) in [7, 11) is 0. The van der Waals surface area contributed by atoms with Crippen molar-refractivity contribution in [3.8, 4) is 11.5 Å². The van der Waals surface area contributed by atoms with Crippen molar-refractivity contribution in [1.29, 1.82) is 0 Å². The van der Waals surface area contributed by atoms with Crippen LogP contribution in [0.15, 0.2) is 51.6 Å². The monoisotopic (exact) mass is 335 g/mol. The number of hydrogen-bond acceptors (Lipinski definition) is 3. The number of halogens is 2. The van der Waals surface area contributed by atoms with Gasteiger partial charge in [0.2, 0.25) is 0 Å². The van der Waals surface area contributed by atoms with Gasteiger partial charge in [0.15, 0.2) is 10.4 Å². The third-order valence-electron chi connectivity index (χ3n) is 2.86. The molecule has 3 rings (SSSR count). The molecule has 0 amide bonds. The highest BCUT2D eigenvalue weighted by Crippen LogP contribution is 2.25. The Hall–Kier alpha value is -2.08. The summed E-state index contributed by atoms with van der Waals surface area (Å²) in [6.45, 7) is 0.408. The van der Waals surface area contributed by atoms with Crippen LogP contribution in [0.5, 0.6) is 0 Å². The summed E-state index contributed by atoms with van der Waals surface area (Å²) in [6.07, 6.45) is 0. The van der Waals surface area contributed by atoms with Gasteiger partial charge in [-0.05, 0) is 45.8 Å². The molecule has 0 atom stereocenters. The minimum atomic E-state index is -0.275. The lowest BCUT2D eigenvalue weighted by molar-refractivity contribution is 0.551. The van der Waals surface area contributed by atoms with Crippen LogP contribution in [-0.4, -0.2) is 9.78 Å². The topological polar surface area (TPSA) is 57.0 Å². The lowest BCUT2D eigenvalue weighted by atomic mass is 10.2. The second-order valence-electron chi connectivity index (χ2n) is 4.35. The molecule has 0 spiro atoms. The molecule has 6 heteroatoms. The first-order chi connectivity index (χ1) is 9.61. The van der Waals surface area contributed by atoms with Crippen LogP contribution in [0.4, 0.5) is 10.2 Å². The third-order valence-corrected chi connectivity index (χ3v) is 3.28. The highest BCUT2D eigenvalue weighted by molar-refractivity contribution is 9.10. The second-order valence-corrected chi connectivity index (χ2v) is 5.13. The van der Waals surface area contributed by atoms with Gasteiger partial charge in [-0.2, -0.15) is 5.10 Å². The predicted molar refractivity (Wildman–Crippen MR) is 77.5 cm³/mol. The highest BCUT2D eigenvalue weighted by atomic mass is 79.9. The van der Waals surface area contributed by atoms with E-state index in [-0.39, 0.29) is 5.82 Å². The zero-order chi connectivity index (χ0) is 14.1. The summed E-state index contributed by atoms with van der Waals surface area (Å²) < 4.78 is 20.8. The molecule has 2 N–H and O–H groups in total. The fourth-order valence-electron chi connectivity index (χ4n) is 1.94. The molecule has 0 aliphatic rings. The van der Waals surface area contributed by atoms with Gasteiger partial charge in [-0.1, -0.05) is 12.1 Å². The average Bonchev–Trinajstić information content (AvgIpc) is 2.97. The van der Waals surface area contributed by atoms with Crippen molar-refractivity contribution < 1.29 is 8.81 Å². The van der Waals surface area contributed by atoms with Crippen LogP contribution >= 0.6 is 15.9 Å². The van der Waals surface area contributed by atoms with Crippen molar-refractivity contribution in [2.45, 2.75) is 6.54 Å². The molecule has 2 heterocycles. The van der Waals surface area contributed by atoms with Gasteiger partial charge in [0.25, 0.3) is 0 Å². The summed E-state index contributed by atoms with van der Waals surface area (Å²) in [5.41, 5.74) is 7.37. The minimum absolute atomic E-state index is 0.275. The summed E-state index contributed by atoms with van der Waals surface area (Å²) >= 11 is 3.24. The van der Waals surface area contributed by atoms with Gasteiger partial charge in [0, 0.05) is 6.07 Å². The van der Waals surface area contributed by atoms with Crippen molar-refractivity contribution in [3.63, 3.8) is 0 Å². The number of anilines is 1. The Kier molecular flexibility index (Phi) is 3.31. The first-order valence-electron chi connectivity index (χ1n) is 5.95. The largest absolute Gasteiger partial charge is 0.448 e. The molecule has 0 radical (unpaired) electrons. The van der Waals surface area contributed by atoms with E-state index in [0.717, 1.165) is 5.56 Å². The van der Waals surface area contributed by atoms with Gasteiger partial charge in [0.05, 0.1) is 6.54 Å². The van der Waals surface area contributed by atoms with Crippen LogP contribution < -0.4 is 5.73 Å². The molecule has 20 heavy (non-hydrogen) atoms. The molecule has 0 unspecified atom stereocenters. The molecule has 1 aromatic carbocycles. The summed E-state index contributed by atoms with van der Waals surface area (Å²) in [6, 6.07) is 11.7. The molecule has 0 aliphatic heterocycles. The molecule has 0 fully saturated rings. The van der Waals surface area contributed by atoms with Gasteiger partial charge < -0.3 is 10.2 Å². The lowest BCUT2D eigenvalue weighted by Gasteiger charge is -2.04. The Morgan fingerprint density at radius 3 is 2.80 bits per heavy atom. The average molecular weight is 336 g/mol. The smallest absolute Gasteiger partial charge is 0.169 e. The SMILES string of the molecule is Nc1cc(-c2ccc(Br)o2)nn1Cc1cccc(F)c1. The molecular formula is C14H11BrFN3O. The standard InChI is InChI=1S/C14H11BrFN3O/c15-13-5-4-12(20-13)11-7-14(17)19(18-11)8-9-2-1-3-10(16)6-9/h1-7H,8,17H2. The second kappa shape index (κ2) is 5.13. The summed E-state index contributed by atoms with van der Waals surface area (Å²) in [5, 5.41) is 4.37. The predicted octanol–water partition coefficient (Wildman–Crippen LogP) is 3.68. The lowest BCUT2D eigenvalue weighted by Crippen LogP contribution is -2.05. The molecule has 0 saturated carbocycles. The van der Waals surface area contributed by atoms with E-state index in [0.29, 0.717) is 28.5 Å². The van der Waals surface area contributed by atoms with Crippen molar-refractivity contribution in [3.05, 3.63) is 58.5 Å². The highest BCUT2D eigenvalue weighted by Gasteiger charge is 2.11. The Bertz CT molecular complexity index is 750. The van der Waals surface area contributed by atoms with E-state index in [2.05, 4.69) is 21.0 Å². The molecule has 0 saturated heterocycles. The minimum Gasteiger partial charge on any atom is -0.448 e. The normalized spacial score (nSPS) is 10.9. The number of hydrogen-bond donors (Lipinski definition) is 1. The van der Waals surface area contributed by atoms with Crippen LogP contribution in [0.2, 0.25) is 0 Å². The van der Waals surface area contributed by atoms with Crippen LogP contribution in [0.25, 0.3) is 11.5 Å². The van der Waals surface area contributed by atoms with Gasteiger partial charge in [-0.25, -0.2) is 9.07 Å². The van der Waals surface area contributed by atoms with E-state index >= 15 is 0 Å².